The maximum Gasteiger partial charge on any atom is 1.00 e. The fourth-order valence-electron chi connectivity index (χ4n) is 3.61. The Balaban J connectivity index is 0.00000280. The van der Waals surface area contributed by atoms with Crippen molar-refractivity contribution in [3.8, 4) is 11.5 Å². The Bertz CT molecular complexity index is 780. The molecule has 2 aliphatic rings. The first-order valence-electron chi connectivity index (χ1n) is 8.41. The summed E-state index contributed by atoms with van der Waals surface area (Å²) in [4.78, 5) is 37.7. The van der Waals surface area contributed by atoms with Gasteiger partial charge in [-0.15, -0.1) is 11.8 Å². The van der Waals surface area contributed by atoms with Crippen molar-refractivity contribution in [3.63, 3.8) is 0 Å². The van der Waals surface area contributed by atoms with Gasteiger partial charge in [-0.3, -0.25) is 9.59 Å². The van der Waals surface area contributed by atoms with Gasteiger partial charge >= 0.3 is 29.6 Å². The Kier molecular flexibility index (Phi) is 6.96. The summed E-state index contributed by atoms with van der Waals surface area (Å²) in [5.41, 5.74) is 0.579. The smallest absolute Gasteiger partial charge is 0.548 e. The maximum absolute atomic E-state index is 12.5. The summed E-state index contributed by atoms with van der Waals surface area (Å²) in [5.74, 6) is -1.04. The molecule has 2 amide bonds. The Morgan fingerprint density at radius 2 is 1.82 bits per heavy atom. The van der Waals surface area contributed by atoms with Gasteiger partial charge in [-0.25, -0.2) is 0 Å². The molecule has 1 aromatic carbocycles. The van der Waals surface area contributed by atoms with Crippen molar-refractivity contribution in [2.45, 2.75) is 42.5 Å². The van der Waals surface area contributed by atoms with Crippen molar-refractivity contribution < 1.29 is 58.5 Å². The van der Waals surface area contributed by atoms with Crippen molar-refractivity contribution >= 4 is 29.5 Å². The Labute approximate surface area is 189 Å². The van der Waals surface area contributed by atoms with Crippen LogP contribution in [0, 0.1) is 0 Å². The van der Waals surface area contributed by atoms with E-state index in [1.807, 2.05) is 0 Å². The van der Waals surface area contributed by atoms with Crippen LogP contribution in [0.1, 0.15) is 19.4 Å². The first kappa shape index (κ1) is 22.9. The number of carboxylic acid groups (broad SMARTS) is 1. The Morgan fingerprint density at radius 1 is 1.25 bits per heavy atom. The molecule has 28 heavy (non-hydrogen) atoms. The fourth-order valence-corrected chi connectivity index (χ4v) is 5.23. The molecule has 2 unspecified atom stereocenters. The van der Waals surface area contributed by atoms with E-state index in [1.54, 1.807) is 32.0 Å². The van der Waals surface area contributed by atoms with Crippen LogP contribution < -0.4 is 49.5 Å². The summed E-state index contributed by atoms with van der Waals surface area (Å²) >= 11 is 1.35. The first-order valence-corrected chi connectivity index (χ1v) is 9.29. The molecule has 1 N–H and O–H groups in total. The van der Waals surface area contributed by atoms with Crippen molar-refractivity contribution in [2.75, 3.05) is 14.2 Å². The van der Waals surface area contributed by atoms with Gasteiger partial charge < -0.3 is 29.6 Å². The average molecular weight is 416 g/mol. The third-order valence-electron chi connectivity index (χ3n) is 4.85. The Hall–Kier alpha value is -1.42. The molecule has 0 aliphatic carbocycles. The van der Waals surface area contributed by atoms with Gasteiger partial charge in [0.15, 0.2) is 0 Å². The molecule has 3 atom stereocenters. The molecule has 2 aliphatic heterocycles. The molecular weight excluding hydrogens is 395 g/mol. The van der Waals surface area contributed by atoms with Crippen LogP contribution >= 0.6 is 11.8 Å². The van der Waals surface area contributed by atoms with Crippen molar-refractivity contribution in [3.05, 3.63) is 23.8 Å². The number of fused-ring (bicyclic) bond motifs is 1. The minimum atomic E-state index is -1.29. The summed E-state index contributed by atoms with van der Waals surface area (Å²) in [6.07, 6.45) is -0.0261. The SMILES string of the molecule is COc1cccc(OC)c1CC(=O)NC1C(=O)N2C(C(=O)[O-])C(C)(C)S[C@H]12.[Na+]. The molecule has 0 aromatic heterocycles. The normalized spacial score (nSPS) is 24.5. The zero-order valence-electron chi connectivity index (χ0n) is 16.5. The van der Waals surface area contributed by atoms with Crippen molar-refractivity contribution in [1.82, 2.24) is 10.2 Å². The summed E-state index contributed by atoms with van der Waals surface area (Å²) < 4.78 is 9.87. The van der Waals surface area contributed by atoms with E-state index >= 15 is 0 Å². The standard InChI is InChI=1S/C18H22N2O6S.Na/c1-18(2)14(17(23)24)20-15(22)13(16(20)27-18)19-12(21)8-9-10(25-3)6-5-7-11(9)26-4;/h5-7,13-14,16H,8H2,1-4H3,(H,19,21)(H,23,24);/q;+1/p-1/t13?,14?,16-;/m1./s1. The summed E-state index contributed by atoms with van der Waals surface area (Å²) in [6, 6.07) is 3.43. The number of hydrogen-bond donors (Lipinski definition) is 1. The van der Waals surface area contributed by atoms with Crippen molar-refractivity contribution in [1.29, 1.82) is 0 Å². The zero-order valence-corrected chi connectivity index (χ0v) is 19.3. The van der Waals surface area contributed by atoms with Crippen LogP contribution in [-0.4, -0.2) is 59.1 Å². The van der Waals surface area contributed by atoms with Gasteiger partial charge in [-0.1, -0.05) is 6.07 Å². The average Bonchev–Trinajstić information content (AvgIpc) is 2.88. The number of hydrogen-bond acceptors (Lipinski definition) is 7. The monoisotopic (exact) mass is 416 g/mol. The van der Waals surface area contributed by atoms with Crippen LogP contribution in [0.4, 0.5) is 0 Å². The third kappa shape index (κ3) is 3.85. The van der Waals surface area contributed by atoms with Crippen LogP contribution in [0.3, 0.4) is 0 Å². The van der Waals surface area contributed by atoms with Gasteiger partial charge in [0.25, 0.3) is 0 Å². The van der Waals surface area contributed by atoms with Crippen LogP contribution in [0.15, 0.2) is 18.2 Å². The van der Waals surface area contributed by atoms with E-state index in [0.717, 1.165) is 0 Å². The number of nitrogens with zero attached hydrogens (tertiary/aromatic N) is 1. The molecule has 0 saturated carbocycles. The van der Waals surface area contributed by atoms with Crippen LogP contribution in [0.25, 0.3) is 0 Å². The summed E-state index contributed by atoms with van der Waals surface area (Å²) in [7, 11) is 3.00. The van der Waals surface area contributed by atoms with Gasteiger partial charge in [-0.05, 0) is 26.0 Å². The Morgan fingerprint density at radius 3 is 2.32 bits per heavy atom. The second-order valence-electron chi connectivity index (χ2n) is 6.94. The maximum atomic E-state index is 12.5. The number of benzene rings is 1. The second kappa shape index (κ2) is 8.52. The summed E-state index contributed by atoms with van der Waals surface area (Å²) in [6.45, 7) is 3.50. The molecule has 2 heterocycles. The molecule has 3 rings (SSSR count). The quantitative estimate of drug-likeness (QED) is 0.380. The topological polar surface area (TPSA) is 108 Å². The minimum absolute atomic E-state index is 0. The number of methoxy groups -OCH3 is 2. The third-order valence-corrected chi connectivity index (χ3v) is 6.42. The number of β-lactam (4-membered cyclic amide) rings is 1. The predicted octanol–water partition coefficient (Wildman–Crippen LogP) is -3.45. The van der Waals surface area contributed by atoms with E-state index in [2.05, 4.69) is 5.32 Å². The minimum Gasteiger partial charge on any atom is -0.548 e. The number of nitrogens with one attached hydrogen (secondary N) is 1. The van der Waals surface area contributed by atoms with Gasteiger partial charge in [0, 0.05) is 10.3 Å². The molecule has 0 spiro atoms. The van der Waals surface area contributed by atoms with Crippen LogP contribution in [0.2, 0.25) is 0 Å². The van der Waals surface area contributed by atoms with E-state index in [1.165, 1.54) is 30.9 Å². The number of rotatable bonds is 6. The number of carbonyl (C=O) groups is 3. The number of thioether (sulfide) groups is 1. The van der Waals surface area contributed by atoms with E-state index in [0.29, 0.717) is 17.1 Å². The summed E-state index contributed by atoms with van der Waals surface area (Å²) in [5, 5.41) is 13.7. The number of carboxylic acids is 1. The van der Waals surface area contributed by atoms with E-state index in [9.17, 15) is 19.5 Å². The first-order chi connectivity index (χ1) is 12.7. The van der Waals surface area contributed by atoms with Gasteiger partial charge in [0.05, 0.1) is 32.7 Å². The molecule has 0 bridgehead atoms. The van der Waals surface area contributed by atoms with Crippen LogP contribution in [0.5, 0.6) is 11.5 Å². The van der Waals surface area contributed by atoms with Gasteiger partial charge in [-0.2, -0.15) is 0 Å². The molecule has 2 saturated heterocycles. The van der Waals surface area contributed by atoms with E-state index < -0.39 is 34.1 Å². The molecule has 2 fully saturated rings. The molecule has 1 aromatic rings. The predicted molar refractivity (Wildman–Crippen MR) is 96.3 cm³/mol. The van der Waals surface area contributed by atoms with E-state index in [-0.39, 0.29) is 41.9 Å². The fraction of sp³-hybridized carbons (Fsp3) is 0.500. The molecule has 10 heteroatoms. The number of aliphatic carboxylic acids is 1. The van der Waals surface area contributed by atoms with E-state index in [4.69, 9.17) is 9.47 Å². The molecule has 0 radical (unpaired) electrons. The number of carbonyl (C=O) groups excluding carboxylic acids is 3. The molecule has 146 valence electrons. The molecular formula is C18H21N2NaO6S. The number of ether oxygens (including phenoxy) is 2. The van der Waals surface area contributed by atoms with Gasteiger partial charge in [0.2, 0.25) is 11.8 Å². The largest absolute Gasteiger partial charge is 1.00 e. The second-order valence-corrected chi connectivity index (χ2v) is 8.71. The zero-order chi connectivity index (χ0) is 19.9. The number of amides is 2. The van der Waals surface area contributed by atoms with Crippen molar-refractivity contribution in [2.24, 2.45) is 0 Å². The van der Waals surface area contributed by atoms with Crippen LogP contribution in [-0.2, 0) is 20.8 Å². The molecule has 8 nitrogen and oxygen atoms in total. The van der Waals surface area contributed by atoms with Gasteiger partial charge in [0.1, 0.15) is 22.9 Å².